The minimum atomic E-state index is -0.0296. The van der Waals surface area contributed by atoms with Crippen LogP contribution in [0.25, 0.3) is 0 Å². The van der Waals surface area contributed by atoms with Crippen molar-refractivity contribution < 1.29 is 4.79 Å². The second-order valence-electron chi connectivity index (χ2n) is 3.57. The highest BCUT2D eigenvalue weighted by atomic mass is 35.5. The number of hydrogen-bond donors (Lipinski definition) is 0. The van der Waals surface area contributed by atoms with Crippen molar-refractivity contribution in [1.29, 1.82) is 0 Å². The summed E-state index contributed by atoms with van der Waals surface area (Å²) in [6.07, 6.45) is 1.49. The predicted molar refractivity (Wildman–Crippen MR) is 70.6 cm³/mol. The van der Waals surface area contributed by atoms with E-state index in [0.29, 0.717) is 10.7 Å². The molecule has 0 amide bonds. The van der Waals surface area contributed by atoms with Gasteiger partial charge in [-0.1, -0.05) is 29.3 Å². The molecule has 1 aromatic carbocycles. The standard InChI is InChI=1S/C13H10ClNOS/c1-9-2-5-11(6-3-9)17-13(16)10-4-7-12(14)15-8-10/h2-8H,1H3. The molecule has 0 atom stereocenters. The van der Waals surface area contributed by atoms with E-state index in [1.807, 2.05) is 31.2 Å². The van der Waals surface area contributed by atoms with Crippen LogP contribution in [0.1, 0.15) is 15.9 Å². The summed E-state index contributed by atoms with van der Waals surface area (Å²) < 4.78 is 0. The molecule has 2 rings (SSSR count). The highest BCUT2D eigenvalue weighted by molar-refractivity contribution is 8.14. The van der Waals surface area contributed by atoms with Gasteiger partial charge >= 0.3 is 0 Å². The lowest BCUT2D eigenvalue weighted by molar-refractivity contribution is 0.108. The van der Waals surface area contributed by atoms with Crippen molar-refractivity contribution in [2.45, 2.75) is 11.8 Å². The average molecular weight is 264 g/mol. The van der Waals surface area contributed by atoms with Crippen molar-refractivity contribution in [2.24, 2.45) is 0 Å². The molecule has 0 N–H and O–H groups in total. The van der Waals surface area contributed by atoms with Crippen LogP contribution in [0.5, 0.6) is 0 Å². The Bertz CT molecular complexity index is 522. The normalized spacial score (nSPS) is 10.2. The molecule has 2 aromatic rings. The van der Waals surface area contributed by atoms with Crippen LogP contribution in [0.4, 0.5) is 0 Å². The summed E-state index contributed by atoms with van der Waals surface area (Å²) >= 11 is 6.85. The zero-order valence-corrected chi connectivity index (χ0v) is 10.8. The SMILES string of the molecule is Cc1ccc(SC(=O)c2ccc(Cl)nc2)cc1. The van der Waals surface area contributed by atoms with E-state index in [-0.39, 0.29) is 5.12 Å². The number of thioether (sulfide) groups is 1. The summed E-state index contributed by atoms with van der Waals surface area (Å²) in [4.78, 5) is 16.7. The van der Waals surface area contributed by atoms with Crippen LogP contribution in [0.3, 0.4) is 0 Å². The number of aromatic nitrogens is 1. The molecule has 0 radical (unpaired) electrons. The largest absolute Gasteiger partial charge is 0.281 e. The Morgan fingerprint density at radius 3 is 2.47 bits per heavy atom. The maximum atomic E-state index is 11.9. The molecule has 86 valence electrons. The number of nitrogens with zero attached hydrogens (tertiary/aromatic N) is 1. The number of halogens is 1. The fourth-order valence-electron chi connectivity index (χ4n) is 1.27. The highest BCUT2D eigenvalue weighted by Gasteiger charge is 2.08. The minimum Gasteiger partial charge on any atom is -0.281 e. The van der Waals surface area contributed by atoms with Gasteiger partial charge in [0.2, 0.25) is 5.12 Å². The van der Waals surface area contributed by atoms with Gasteiger partial charge in [0.15, 0.2) is 0 Å². The van der Waals surface area contributed by atoms with Crippen molar-refractivity contribution in [3.63, 3.8) is 0 Å². The second kappa shape index (κ2) is 5.34. The molecule has 0 aliphatic carbocycles. The first kappa shape index (κ1) is 12.1. The number of pyridine rings is 1. The number of rotatable bonds is 2. The smallest absolute Gasteiger partial charge is 0.225 e. The van der Waals surface area contributed by atoms with E-state index in [0.717, 1.165) is 4.90 Å². The van der Waals surface area contributed by atoms with Gasteiger partial charge in [0.05, 0.1) is 0 Å². The Kier molecular flexibility index (Phi) is 3.82. The van der Waals surface area contributed by atoms with Crippen LogP contribution in [-0.4, -0.2) is 10.1 Å². The Morgan fingerprint density at radius 1 is 1.18 bits per heavy atom. The monoisotopic (exact) mass is 263 g/mol. The topological polar surface area (TPSA) is 30.0 Å². The first-order valence-electron chi connectivity index (χ1n) is 5.05. The summed E-state index contributed by atoms with van der Waals surface area (Å²) in [7, 11) is 0. The van der Waals surface area contributed by atoms with E-state index in [4.69, 9.17) is 11.6 Å². The van der Waals surface area contributed by atoms with Crippen LogP contribution in [-0.2, 0) is 0 Å². The van der Waals surface area contributed by atoms with E-state index < -0.39 is 0 Å². The van der Waals surface area contributed by atoms with Crippen molar-refractivity contribution >= 4 is 28.5 Å². The molecule has 0 spiro atoms. The molecule has 0 unspecified atom stereocenters. The third-order valence-electron chi connectivity index (χ3n) is 2.19. The van der Waals surface area contributed by atoms with Crippen LogP contribution in [0.15, 0.2) is 47.5 Å². The fraction of sp³-hybridized carbons (Fsp3) is 0.0769. The lowest BCUT2D eigenvalue weighted by Gasteiger charge is -2.01. The summed E-state index contributed by atoms with van der Waals surface area (Å²) in [6, 6.07) is 11.1. The van der Waals surface area contributed by atoms with Crippen molar-refractivity contribution in [3.8, 4) is 0 Å². The molecule has 1 heterocycles. The van der Waals surface area contributed by atoms with Gasteiger partial charge in [0.1, 0.15) is 5.15 Å². The Labute approximate surface area is 109 Å². The summed E-state index contributed by atoms with van der Waals surface area (Å²) in [6.45, 7) is 2.01. The second-order valence-corrected chi connectivity index (χ2v) is 5.01. The van der Waals surface area contributed by atoms with E-state index in [1.54, 1.807) is 12.1 Å². The molecule has 4 heteroatoms. The molecule has 0 bridgehead atoms. The zero-order valence-electron chi connectivity index (χ0n) is 9.18. The number of hydrogen-bond acceptors (Lipinski definition) is 3. The number of carbonyl (C=O) groups is 1. The Balaban J connectivity index is 2.11. The molecule has 0 aliphatic heterocycles. The third kappa shape index (κ3) is 3.32. The molecular weight excluding hydrogens is 254 g/mol. The minimum absolute atomic E-state index is 0.0296. The zero-order chi connectivity index (χ0) is 12.3. The van der Waals surface area contributed by atoms with Gasteiger partial charge < -0.3 is 0 Å². The van der Waals surface area contributed by atoms with Gasteiger partial charge in [0, 0.05) is 16.7 Å². The van der Waals surface area contributed by atoms with Crippen molar-refractivity contribution in [2.75, 3.05) is 0 Å². The van der Waals surface area contributed by atoms with Gasteiger partial charge in [-0.05, 0) is 43.0 Å². The first-order chi connectivity index (χ1) is 8.15. The molecule has 0 saturated heterocycles. The molecule has 0 fully saturated rings. The lowest BCUT2D eigenvalue weighted by Crippen LogP contribution is -1.93. The molecule has 1 aromatic heterocycles. The van der Waals surface area contributed by atoms with Crippen LogP contribution in [0, 0.1) is 6.92 Å². The number of carbonyl (C=O) groups excluding carboxylic acids is 1. The average Bonchev–Trinajstić information content (AvgIpc) is 2.33. The van der Waals surface area contributed by atoms with E-state index in [1.165, 1.54) is 23.5 Å². The molecule has 2 nitrogen and oxygen atoms in total. The summed E-state index contributed by atoms with van der Waals surface area (Å²) in [5.74, 6) is 0. The molecule has 0 aliphatic rings. The van der Waals surface area contributed by atoms with Gasteiger partial charge in [-0.2, -0.15) is 0 Å². The quantitative estimate of drug-likeness (QED) is 0.606. The van der Waals surface area contributed by atoms with Crippen LogP contribution in [0.2, 0.25) is 5.15 Å². The molecular formula is C13H10ClNOS. The predicted octanol–water partition coefficient (Wildman–Crippen LogP) is 3.98. The van der Waals surface area contributed by atoms with Gasteiger partial charge in [-0.3, -0.25) is 4.79 Å². The molecule has 0 saturated carbocycles. The van der Waals surface area contributed by atoms with E-state index in [9.17, 15) is 4.79 Å². The van der Waals surface area contributed by atoms with Crippen LogP contribution >= 0.6 is 23.4 Å². The highest BCUT2D eigenvalue weighted by Crippen LogP contribution is 2.23. The lowest BCUT2D eigenvalue weighted by atomic mass is 10.2. The number of aryl methyl sites for hydroxylation is 1. The van der Waals surface area contributed by atoms with Gasteiger partial charge in [-0.25, -0.2) is 4.98 Å². The maximum Gasteiger partial charge on any atom is 0.225 e. The van der Waals surface area contributed by atoms with Crippen molar-refractivity contribution in [1.82, 2.24) is 4.98 Å². The summed E-state index contributed by atoms with van der Waals surface area (Å²) in [5, 5.41) is 0.361. The van der Waals surface area contributed by atoms with Gasteiger partial charge in [0.25, 0.3) is 0 Å². The maximum absolute atomic E-state index is 11.9. The first-order valence-corrected chi connectivity index (χ1v) is 6.25. The number of benzene rings is 1. The summed E-state index contributed by atoms with van der Waals surface area (Å²) in [5.41, 5.74) is 1.73. The Hall–Kier alpha value is -1.32. The molecule has 17 heavy (non-hydrogen) atoms. The van der Waals surface area contributed by atoms with Crippen LogP contribution < -0.4 is 0 Å². The Morgan fingerprint density at radius 2 is 1.88 bits per heavy atom. The van der Waals surface area contributed by atoms with E-state index in [2.05, 4.69) is 4.98 Å². The fourth-order valence-corrected chi connectivity index (χ4v) is 2.11. The van der Waals surface area contributed by atoms with E-state index >= 15 is 0 Å². The third-order valence-corrected chi connectivity index (χ3v) is 3.35. The van der Waals surface area contributed by atoms with Crippen molar-refractivity contribution in [3.05, 3.63) is 58.9 Å². The van der Waals surface area contributed by atoms with Gasteiger partial charge in [-0.15, -0.1) is 0 Å².